The van der Waals surface area contributed by atoms with Gasteiger partial charge < -0.3 is 14.6 Å². The Hall–Kier alpha value is -3.15. The van der Waals surface area contributed by atoms with Gasteiger partial charge in [0.2, 0.25) is 5.76 Å². The molecule has 23 heavy (non-hydrogen) atoms. The fourth-order valence-electron chi connectivity index (χ4n) is 2.00. The van der Waals surface area contributed by atoms with Crippen LogP contribution in [0.15, 0.2) is 52.8 Å². The van der Waals surface area contributed by atoms with E-state index < -0.39 is 17.5 Å². The molecule has 2 N–H and O–H groups in total. The Kier molecular flexibility index (Phi) is 4.75. The number of hydrogen-bond acceptors (Lipinski definition) is 5. The largest absolute Gasteiger partial charge is 0.502 e. The van der Waals surface area contributed by atoms with Crippen molar-refractivity contribution < 1.29 is 29.0 Å². The molecule has 2 aromatic rings. The summed E-state index contributed by atoms with van der Waals surface area (Å²) < 4.78 is 5.26. The lowest BCUT2D eigenvalue weighted by Gasteiger charge is -2.02. The zero-order valence-electron chi connectivity index (χ0n) is 12.3. The topological polar surface area (TPSA) is 105 Å². The highest BCUT2D eigenvalue weighted by molar-refractivity contribution is 6.08. The van der Waals surface area contributed by atoms with Crippen molar-refractivity contribution in [3.05, 3.63) is 70.9 Å². The highest BCUT2D eigenvalue weighted by Crippen LogP contribution is 2.18. The molecule has 0 amide bonds. The monoisotopic (exact) mass is 314 g/mol. The van der Waals surface area contributed by atoms with Crippen molar-refractivity contribution in [1.29, 1.82) is 0 Å². The summed E-state index contributed by atoms with van der Waals surface area (Å²) >= 11 is 0. The highest BCUT2D eigenvalue weighted by atomic mass is 16.4. The van der Waals surface area contributed by atoms with Crippen LogP contribution >= 0.6 is 0 Å². The van der Waals surface area contributed by atoms with Crippen molar-refractivity contribution in [2.75, 3.05) is 0 Å². The first-order valence-electron chi connectivity index (χ1n) is 6.73. The predicted octanol–water partition coefficient (Wildman–Crippen LogP) is 2.78. The minimum Gasteiger partial charge on any atom is -0.502 e. The number of aliphatic carboxylic acids is 1. The highest BCUT2D eigenvalue weighted by Gasteiger charge is 2.16. The molecule has 0 atom stereocenters. The molecule has 0 aliphatic heterocycles. The van der Waals surface area contributed by atoms with Crippen LogP contribution in [-0.4, -0.2) is 27.7 Å². The van der Waals surface area contributed by atoms with E-state index in [9.17, 15) is 14.4 Å². The third-order valence-electron chi connectivity index (χ3n) is 3.22. The smallest absolute Gasteiger partial charge is 0.371 e. The second-order valence-electron chi connectivity index (χ2n) is 4.89. The first-order valence-corrected chi connectivity index (χ1v) is 6.73. The molecule has 6 nitrogen and oxygen atoms in total. The van der Waals surface area contributed by atoms with E-state index in [4.69, 9.17) is 14.6 Å². The molecule has 1 aromatic heterocycles. The quantitative estimate of drug-likeness (QED) is 0.482. The van der Waals surface area contributed by atoms with Crippen LogP contribution in [-0.2, 0) is 11.2 Å². The maximum absolute atomic E-state index is 12.0. The first-order chi connectivity index (χ1) is 10.9. The first kappa shape index (κ1) is 16.2. The molecule has 1 aromatic carbocycles. The summed E-state index contributed by atoms with van der Waals surface area (Å²) in [6.07, 6.45) is 2.25. The fourth-order valence-corrected chi connectivity index (χ4v) is 2.00. The van der Waals surface area contributed by atoms with Gasteiger partial charge in [-0.15, -0.1) is 0 Å². The minimum absolute atomic E-state index is 0.0419. The molecule has 1 heterocycles. The molecule has 0 aliphatic carbocycles. The number of aliphatic hydroxyl groups excluding tert-OH is 1. The molecule has 6 heteroatoms. The summed E-state index contributed by atoms with van der Waals surface area (Å²) in [4.78, 5) is 33.8. The van der Waals surface area contributed by atoms with Gasteiger partial charge in [-0.1, -0.05) is 24.3 Å². The molecule has 0 saturated carbocycles. The number of aliphatic hydroxyl groups is 1. The molecule has 0 bridgehead atoms. The lowest BCUT2D eigenvalue weighted by molar-refractivity contribution is -0.135. The van der Waals surface area contributed by atoms with Crippen LogP contribution in [0.2, 0.25) is 0 Å². The van der Waals surface area contributed by atoms with Crippen LogP contribution in [0.5, 0.6) is 0 Å². The van der Waals surface area contributed by atoms with Crippen molar-refractivity contribution in [2.24, 2.45) is 0 Å². The summed E-state index contributed by atoms with van der Waals surface area (Å²) in [5.41, 5.74) is 1.58. The number of Topliss-reactive ketones (excluding diaryl/α,β-unsaturated/α-hetero) is 1. The summed E-state index contributed by atoms with van der Waals surface area (Å²) in [5.74, 6) is -2.97. The second kappa shape index (κ2) is 6.74. The van der Waals surface area contributed by atoms with Gasteiger partial charge in [-0.2, -0.15) is 0 Å². The van der Waals surface area contributed by atoms with E-state index in [1.165, 1.54) is 19.3 Å². The Morgan fingerprint density at radius 2 is 1.74 bits per heavy atom. The molecule has 0 unspecified atom stereocenters. The Labute approximate surface area is 131 Å². The Morgan fingerprint density at radius 1 is 1.09 bits per heavy atom. The van der Waals surface area contributed by atoms with Gasteiger partial charge in [0.1, 0.15) is 5.76 Å². The van der Waals surface area contributed by atoms with Crippen molar-refractivity contribution in [2.45, 2.75) is 13.3 Å². The average molecular weight is 314 g/mol. The molecule has 118 valence electrons. The van der Waals surface area contributed by atoms with Gasteiger partial charge in [-0.05, 0) is 18.6 Å². The van der Waals surface area contributed by atoms with Crippen molar-refractivity contribution in [1.82, 2.24) is 0 Å². The van der Waals surface area contributed by atoms with Crippen LogP contribution in [0, 0.1) is 0 Å². The van der Waals surface area contributed by atoms with Gasteiger partial charge in [-0.3, -0.25) is 9.59 Å². The third kappa shape index (κ3) is 3.94. The second-order valence-corrected chi connectivity index (χ2v) is 4.89. The number of benzene rings is 1. The van der Waals surface area contributed by atoms with Crippen LogP contribution in [0.25, 0.3) is 0 Å². The van der Waals surface area contributed by atoms with E-state index in [1.807, 2.05) is 0 Å². The van der Waals surface area contributed by atoms with Crippen LogP contribution in [0.1, 0.15) is 39.0 Å². The SMILES string of the molecule is CC(=O)c1ccc(Cc2occc2C(=O)/C=C(\O)C(=O)O)cc1. The number of carboxylic acid groups (broad SMARTS) is 1. The number of furan rings is 1. The lowest BCUT2D eigenvalue weighted by atomic mass is 10.0. The molecule has 0 aliphatic rings. The molecule has 0 radical (unpaired) electrons. The minimum atomic E-state index is -1.58. The number of carbonyl (C=O) groups excluding carboxylic acids is 2. The molecule has 0 saturated heterocycles. The van der Waals surface area contributed by atoms with Gasteiger partial charge in [0, 0.05) is 18.1 Å². The third-order valence-corrected chi connectivity index (χ3v) is 3.22. The summed E-state index contributed by atoms with van der Waals surface area (Å²) in [6.45, 7) is 1.47. The Morgan fingerprint density at radius 3 is 2.30 bits per heavy atom. The molecular formula is C17H14O6. The van der Waals surface area contributed by atoms with E-state index in [2.05, 4.69) is 0 Å². The van der Waals surface area contributed by atoms with Crippen LogP contribution in [0.4, 0.5) is 0 Å². The number of ketones is 2. The van der Waals surface area contributed by atoms with Gasteiger partial charge in [-0.25, -0.2) is 4.79 Å². The average Bonchev–Trinajstić information content (AvgIpc) is 2.95. The predicted molar refractivity (Wildman–Crippen MR) is 80.6 cm³/mol. The number of allylic oxidation sites excluding steroid dienone is 1. The van der Waals surface area contributed by atoms with E-state index >= 15 is 0 Å². The number of carbonyl (C=O) groups is 3. The molecule has 0 fully saturated rings. The van der Waals surface area contributed by atoms with Crippen LogP contribution < -0.4 is 0 Å². The molecule has 0 spiro atoms. The summed E-state index contributed by atoms with van der Waals surface area (Å²) in [5, 5.41) is 17.7. The van der Waals surface area contributed by atoms with Gasteiger partial charge in [0.05, 0.1) is 11.8 Å². The Balaban J connectivity index is 2.21. The van der Waals surface area contributed by atoms with Gasteiger partial charge >= 0.3 is 5.97 Å². The van der Waals surface area contributed by atoms with Crippen molar-refractivity contribution in [3.63, 3.8) is 0 Å². The number of carboxylic acids is 1. The molecular weight excluding hydrogens is 300 g/mol. The Bertz CT molecular complexity index is 780. The zero-order chi connectivity index (χ0) is 17.0. The van der Waals surface area contributed by atoms with Gasteiger partial charge in [0.25, 0.3) is 0 Å². The molecule has 2 rings (SSSR count). The zero-order valence-corrected chi connectivity index (χ0v) is 12.3. The van der Waals surface area contributed by atoms with Crippen LogP contribution in [0.3, 0.4) is 0 Å². The number of rotatable bonds is 6. The van der Waals surface area contributed by atoms with E-state index in [0.29, 0.717) is 23.8 Å². The number of hydrogen-bond donors (Lipinski definition) is 2. The van der Waals surface area contributed by atoms with Gasteiger partial charge in [0.15, 0.2) is 11.6 Å². The normalized spacial score (nSPS) is 11.3. The van der Waals surface area contributed by atoms with E-state index in [0.717, 1.165) is 5.56 Å². The summed E-state index contributed by atoms with van der Waals surface area (Å²) in [6, 6.07) is 8.26. The maximum Gasteiger partial charge on any atom is 0.371 e. The standard InChI is InChI=1S/C17H14O6/c1-10(18)12-4-2-11(3-5-12)8-16-13(6-7-23-16)14(19)9-15(20)17(21)22/h2-7,9,20H,8H2,1H3,(H,21,22)/b15-9-. The van der Waals surface area contributed by atoms with Crippen molar-refractivity contribution >= 4 is 17.5 Å². The lowest BCUT2D eigenvalue weighted by Crippen LogP contribution is -2.05. The van der Waals surface area contributed by atoms with Crippen molar-refractivity contribution in [3.8, 4) is 0 Å². The maximum atomic E-state index is 12.0. The fraction of sp³-hybridized carbons (Fsp3) is 0.118. The summed E-state index contributed by atoms with van der Waals surface area (Å²) in [7, 11) is 0. The van der Waals surface area contributed by atoms with E-state index in [-0.39, 0.29) is 11.3 Å². The van der Waals surface area contributed by atoms with E-state index in [1.54, 1.807) is 24.3 Å².